The first-order valence-electron chi connectivity index (χ1n) is 8.11. The van der Waals surface area contributed by atoms with Crippen LogP contribution in [0.5, 0.6) is 0 Å². The normalized spacial score (nSPS) is 23.1. The fraction of sp³-hybridized carbons (Fsp3) is 0.933. The molecule has 1 atom stereocenters. The summed E-state index contributed by atoms with van der Waals surface area (Å²) in [6.45, 7) is 2.76. The van der Waals surface area contributed by atoms with Crippen LogP contribution in [0.2, 0.25) is 0 Å². The lowest BCUT2D eigenvalue weighted by atomic mass is 9.97. The highest BCUT2D eigenvalue weighted by Crippen LogP contribution is 2.31. The Morgan fingerprint density at radius 1 is 1.29 bits per heavy atom. The molecule has 0 aromatic heterocycles. The van der Waals surface area contributed by atoms with Crippen LogP contribution in [0.3, 0.4) is 0 Å². The summed E-state index contributed by atoms with van der Waals surface area (Å²) in [7, 11) is 0. The minimum atomic E-state index is -4.17. The van der Waals surface area contributed by atoms with Crippen molar-refractivity contribution in [2.75, 3.05) is 32.7 Å². The summed E-state index contributed by atoms with van der Waals surface area (Å²) < 4.78 is 37.5. The zero-order valence-electron chi connectivity index (χ0n) is 14.0. The molecule has 2 fully saturated rings. The second kappa shape index (κ2) is 9.46. The van der Waals surface area contributed by atoms with Gasteiger partial charge in [-0.05, 0) is 31.7 Å². The lowest BCUT2D eigenvalue weighted by Gasteiger charge is -2.29. The van der Waals surface area contributed by atoms with Gasteiger partial charge in [-0.2, -0.15) is 13.2 Å². The summed E-state index contributed by atoms with van der Waals surface area (Å²) in [4.78, 5) is 15.7. The molecule has 0 spiro atoms. The number of amides is 1. The van der Waals surface area contributed by atoms with Crippen LogP contribution in [0.1, 0.15) is 39.0 Å². The van der Waals surface area contributed by atoms with Gasteiger partial charge < -0.3 is 10.6 Å². The van der Waals surface area contributed by atoms with E-state index in [1.807, 2.05) is 0 Å². The summed E-state index contributed by atoms with van der Waals surface area (Å²) in [6, 6.07) is 0. The van der Waals surface area contributed by atoms with Crippen LogP contribution >= 0.6 is 24.8 Å². The molecule has 0 bridgehead atoms. The van der Waals surface area contributed by atoms with E-state index >= 15 is 0 Å². The van der Waals surface area contributed by atoms with Crippen LogP contribution in [0.4, 0.5) is 13.2 Å². The summed E-state index contributed by atoms with van der Waals surface area (Å²) in [5, 5.41) is 0. The molecule has 4 nitrogen and oxygen atoms in total. The number of hydrogen-bond acceptors (Lipinski definition) is 3. The highest BCUT2D eigenvalue weighted by Gasteiger charge is 2.42. The number of likely N-dealkylation sites (tertiary alicyclic amines) is 1. The molecular weight excluding hydrogens is 366 g/mol. The number of hydrogen-bond donors (Lipinski definition) is 1. The van der Waals surface area contributed by atoms with Gasteiger partial charge in [-0.25, -0.2) is 0 Å². The summed E-state index contributed by atoms with van der Waals surface area (Å²) in [6.07, 6.45) is -0.000806. The summed E-state index contributed by atoms with van der Waals surface area (Å²) in [5.74, 6) is 0.0997. The number of alkyl halides is 3. The fourth-order valence-corrected chi connectivity index (χ4v) is 3.62. The monoisotopic (exact) mass is 393 g/mol. The van der Waals surface area contributed by atoms with Crippen molar-refractivity contribution in [2.45, 2.75) is 50.7 Å². The molecule has 0 aromatic rings. The Balaban J connectivity index is 0.00000264. The van der Waals surface area contributed by atoms with Gasteiger partial charge in [0.2, 0.25) is 5.91 Å². The average Bonchev–Trinajstić information content (AvgIpc) is 3.05. The Labute approximate surface area is 154 Å². The molecule has 1 aliphatic heterocycles. The Kier molecular flexibility index (Phi) is 9.36. The number of nitrogens with two attached hydrogens (primary N) is 1. The van der Waals surface area contributed by atoms with Crippen molar-refractivity contribution < 1.29 is 18.0 Å². The second-order valence-corrected chi connectivity index (χ2v) is 6.71. The van der Waals surface area contributed by atoms with Gasteiger partial charge in [-0.3, -0.25) is 9.69 Å². The quantitative estimate of drug-likeness (QED) is 0.780. The first kappa shape index (κ1) is 23.8. The third kappa shape index (κ3) is 6.24. The molecule has 1 saturated carbocycles. The first-order chi connectivity index (χ1) is 10.2. The fourth-order valence-electron chi connectivity index (χ4n) is 3.62. The predicted molar refractivity (Wildman–Crippen MR) is 92.7 cm³/mol. The molecular formula is C15H28Cl2F3N3O. The van der Waals surface area contributed by atoms with Crippen molar-refractivity contribution in [1.29, 1.82) is 0 Å². The van der Waals surface area contributed by atoms with Crippen LogP contribution in [-0.2, 0) is 4.79 Å². The van der Waals surface area contributed by atoms with Crippen molar-refractivity contribution in [3.63, 3.8) is 0 Å². The molecule has 9 heteroatoms. The average molecular weight is 394 g/mol. The largest absolute Gasteiger partial charge is 0.401 e. The maximum absolute atomic E-state index is 12.5. The number of rotatable bonds is 5. The molecule has 1 amide bonds. The Morgan fingerprint density at radius 2 is 1.88 bits per heavy atom. The Bertz CT molecular complexity index is 404. The molecule has 1 unspecified atom stereocenters. The van der Waals surface area contributed by atoms with E-state index in [9.17, 15) is 18.0 Å². The molecule has 144 valence electrons. The van der Waals surface area contributed by atoms with E-state index in [1.165, 1.54) is 4.90 Å². The predicted octanol–water partition coefficient (Wildman–Crippen LogP) is 2.83. The van der Waals surface area contributed by atoms with Gasteiger partial charge in [0.1, 0.15) is 0 Å². The molecule has 2 N–H and O–H groups in total. The van der Waals surface area contributed by atoms with E-state index in [2.05, 4.69) is 0 Å². The van der Waals surface area contributed by atoms with E-state index in [4.69, 9.17) is 5.73 Å². The van der Waals surface area contributed by atoms with Gasteiger partial charge >= 0.3 is 6.18 Å². The molecule has 0 radical (unpaired) electrons. The maximum atomic E-state index is 12.5. The molecule has 24 heavy (non-hydrogen) atoms. The third-order valence-electron chi connectivity index (χ3n) is 4.86. The van der Waals surface area contributed by atoms with Crippen molar-refractivity contribution >= 4 is 30.7 Å². The van der Waals surface area contributed by atoms with E-state index in [-0.39, 0.29) is 36.6 Å². The molecule has 2 rings (SSSR count). The lowest BCUT2D eigenvalue weighted by molar-refractivity contribution is -0.147. The van der Waals surface area contributed by atoms with E-state index in [1.54, 1.807) is 11.8 Å². The number of carbonyl (C=O) groups is 1. The SMILES string of the molecule is CCN(CC1CCN(C(=O)C2(N)CCCC2)C1)CC(F)(F)F.Cl.Cl. The van der Waals surface area contributed by atoms with Crippen molar-refractivity contribution in [1.82, 2.24) is 9.80 Å². The van der Waals surface area contributed by atoms with Crippen LogP contribution in [0, 0.1) is 5.92 Å². The molecule has 1 aliphatic carbocycles. The standard InChI is InChI=1S/C15H26F3N3O.2ClH/c1-2-20(11-15(16,17)18)9-12-5-8-21(10-12)13(22)14(19)6-3-4-7-14;;/h12H,2-11,19H2,1H3;2*1H. The Hall–Kier alpha value is -0.240. The smallest absolute Gasteiger partial charge is 0.341 e. The van der Waals surface area contributed by atoms with Crippen molar-refractivity contribution in [3.05, 3.63) is 0 Å². The van der Waals surface area contributed by atoms with Crippen LogP contribution in [0.15, 0.2) is 0 Å². The van der Waals surface area contributed by atoms with Gasteiger partial charge in [0.05, 0.1) is 12.1 Å². The molecule has 0 aromatic carbocycles. The maximum Gasteiger partial charge on any atom is 0.401 e. The first-order valence-corrected chi connectivity index (χ1v) is 8.11. The number of nitrogens with zero attached hydrogens (tertiary/aromatic N) is 2. The second-order valence-electron chi connectivity index (χ2n) is 6.71. The molecule has 2 aliphatic rings. The van der Waals surface area contributed by atoms with Gasteiger partial charge in [0.15, 0.2) is 0 Å². The summed E-state index contributed by atoms with van der Waals surface area (Å²) >= 11 is 0. The van der Waals surface area contributed by atoms with E-state index < -0.39 is 18.3 Å². The topological polar surface area (TPSA) is 49.6 Å². The number of carbonyl (C=O) groups excluding carboxylic acids is 1. The van der Waals surface area contributed by atoms with Gasteiger partial charge in [0, 0.05) is 19.6 Å². The third-order valence-corrected chi connectivity index (χ3v) is 4.86. The van der Waals surface area contributed by atoms with Crippen LogP contribution in [-0.4, -0.2) is 60.1 Å². The summed E-state index contributed by atoms with van der Waals surface area (Å²) in [5.41, 5.74) is 5.46. The van der Waals surface area contributed by atoms with Crippen molar-refractivity contribution in [3.8, 4) is 0 Å². The highest BCUT2D eigenvalue weighted by molar-refractivity contribution is 5.86. The van der Waals surface area contributed by atoms with Gasteiger partial charge in [-0.15, -0.1) is 24.8 Å². The van der Waals surface area contributed by atoms with Crippen molar-refractivity contribution in [2.24, 2.45) is 11.7 Å². The number of halogens is 5. The van der Waals surface area contributed by atoms with E-state index in [0.717, 1.165) is 32.1 Å². The Morgan fingerprint density at radius 3 is 2.38 bits per heavy atom. The van der Waals surface area contributed by atoms with Gasteiger partial charge in [0.25, 0.3) is 0 Å². The zero-order chi connectivity index (χ0) is 16.4. The van der Waals surface area contributed by atoms with Crippen LogP contribution < -0.4 is 5.73 Å². The molecule has 1 heterocycles. The minimum Gasteiger partial charge on any atom is -0.341 e. The minimum absolute atomic E-state index is 0. The van der Waals surface area contributed by atoms with E-state index in [0.29, 0.717) is 26.2 Å². The zero-order valence-corrected chi connectivity index (χ0v) is 15.6. The molecule has 1 saturated heterocycles. The van der Waals surface area contributed by atoms with Gasteiger partial charge in [-0.1, -0.05) is 19.8 Å². The highest BCUT2D eigenvalue weighted by atomic mass is 35.5. The van der Waals surface area contributed by atoms with Crippen LogP contribution in [0.25, 0.3) is 0 Å². The lowest BCUT2D eigenvalue weighted by Crippen LogP contribution is -2.53.